The van der Waals surface area contributed by atoms with Crippen LogP contribution in [0.25, 0.3) is 11.1 Å². The summed E-state index contributed by atoms with van der Waals surface area (Å²) in [6, 6.07) is 6.37. The first kappa shape index (κ1) is 24.0. The van der Waals surface area contributed by atoms with Crippen LogP contribution in [-0.4, -0.2) is 51.1 Å². The predicted octanol–water partition coefficient (Wildman–Crippen LogP) is 1.49. The Morgan fingerprint density at radius 1 is 1.25 bits per heavy atom. The number of ether oxygens (including phenoxy) is 2. The van der Waals surface area contributed by atoms with Crippen molar-refractivity contribution in [3.8, 4) is 5.75 Å². The summed E-state index contributed by atoms with van der Waals surface area (Å²) in [6.07, 6.45) is 1.33. The van der Waals surface area contributed by atoms with E-state index in [0.29, 0.717) is 22.0 Å². The van der Waals surface area contributed by atoms with E-state index in [1.165, 1.54) is 22.9 Å². The van der Waals surface area contributed by atoms with Gasteiger partial charge in [0.25, 0.3) is 0 Å². The first-order valence-electron chi connectivity index (χ1n) is 9.47. The molecule has 0 atom stereocenters. The van der Waals surface area contributed by atoms with Gasteiger partial charge in [-0.15, -0.1) is 0 Å². The third-order valence-corrected chi connectivity index (χ3v) is 5.10. The maximum absolute atomic E-state index is 12.2. The van der Waals surface area contributed by atoms with Gasteiger partial charge in [0.15, 0.2) is 5.58 Å². The van der Waals surface area contributed by atoms with Gasteiger partial charge in [-0.05, 0) is 18.2 Å². The smallest absolute Gasteiger partial charge is 0.419 e. The standard InChI is InChI=1S/C20H21Cl2N3O7/c21-12-1-2-13(24-7-12)8-30-16-6-17-15(5-14(16)22)25(19(29)32-17)4-3-18(28)31-11-20(23,9-26)10-27/h1-2,5-7,26-27H,3-4,8-11,23H2. The molecule has 12 heteroatoms. The second-order valence-electron chi connectivity index (χ2n) is 7.12. The Labute approximate surface area is 192 Å². The molecule has 0 saturated heterocycles. The van der Waals surface area contributed by atoms with Crippen molar-refractivity contribution in [1.82, 2.24) is 9.55 Å². The van der Waals surface area contributed by atoms with Crippen LogP contribution in [0.5, 0.6) is 5.75 Å². The minimum Gasteiger partial charge on any atom is -0.486 e. The third kappa shape index (κ3) is 5.78. The van der Waals surface area contributed by atoms with E-state index in [9.17, 15) is 9.59 Å². The Morgan fingerprint density at radius 2 is 2.00 bits per heavy atom. The van der Waals surface area contributed by atoms with Crippen LogP contribution in [0, 0.1) is 0 Å². The second kappa shape index (κ2) is 10.3. The van der Waals surface area contributed by atoms with Crippen LogP contribution >= 0.6 is 23.2 Å². The lowest BCUT2D eigenvalue weighted by Crippen LogP contribution is -2.51. The van der Waals surface area contributed by atoms with Crippen LogP contribution < -0.4 is 16.2 Å². The number of aliphatic hydroxyl groups excluding tert-OH is 2. The fourth-order valence-electron chi connectivity index (χ4n) is 2.67. The SMILES string of the molecule is NC(CO)(CO)COC(=O)CCn1c(=O)oc2cc(OCc3ccc(Cl)cn3)c(Cl)cc21. The Bertz CT molecular complexity index is 1140. The third-order valence-electron chi connectivity index (χ3n) is 4.58. The van der Waals surface area contributed by atoms with Gasteiger partial charge in [-0.3, -0.25) is 14.3 Å². The van der Waals surface area contributed by atoms with Crippen molar-refractivity contribution in [2.45, 2.75) is 25.1 Å². The van der Waals surface area contributed by atoms with Crippen molar-refractivity contribution in [2.24, 2.45) is 5.73 Å². The van der Waals surface area contributed by atoms with E-state index in [1.807, 2.05) is 0 Å². The molecule has 0 aliphatic rings. The van der Waals surface area contributed by atoms with Gasteiger partial charge < -0.3 is 29.8 Å². The van der Waals surface area contributed by atoms with Crippen molar-refractivity contribution in [1.29, 1.82) is 0 Å². The van der Waals surface area contributed by atoms with E-state index in [-0.39, 0.29) is 36.8 Å². The Morgan fingerprint density at radius 3 is 2.66 bits per heavy atom. The Kier molecular flexibility index (Phi) is 7.75. The number of benzene rings is 1. The molecule has 3 aromatic rings. The molecule has 1 aromatic carbocycles. The van der Waals surface area contributed by atoms with Crippen LogP contribution in [0.1, 0.15) is 12.1 Å². The topological polar surface area (TPSA) is 150 Å². The average molecular weight is 486 g/mol. The van der Waals surface area contributed by atoms with E-state index in [4.69, 9.17) is 53.0 Å². The van der Waals surface area contributed by atoms with Gasteiger partial charge in [-0.2, -0.15) is 0 Å². The maximum Gasteiger partial charge on any atom is 0.419 e. The summed E-state index contributed by atoms with van der Waals surface area (Å²) in [7, 11) is 0. The lowest BCUT2D eigenvalue weighted by atomic mass is 10.1. The number of oxazole rings is 1. The number of aryl methyl sites for hydroxylation is 1. The van der Waals surface area contributed by atoms with E-state index in [1.54, 1.807) is 12.1 Å². The lowest BCUT2D eigenvalue weighted by Gasteiger charge is -2.23. The number of rotatable bonds is 10. The fourth-order valence-corrected chi connectivity index (χ4v) is 3.00. The van der Waals surface area contributed by atoms with Gasteiger partial charge in [-0.1, -0.05) is 23.2 Å². The molecule has 0 unspecified atom stereocenters. The number of halogens is 2. The van der Waals surface area contributed by atoms with Crippen molar-refractivity contribution in [3.63, 3.8) is 0 Å². The van der Waals surface area contributed by atoms with Gasteiger partial charge in [-0.25, -0.2) is 4.79 Å². The number of hydrogen-bond acceptors (Lipinski definition) is 9. The monoisotopic (exact) mass is 485 g/mol. The highest BCUT2D eigenvalue weighted by Gasteiger charge is 2.25. The van der Waals surface area contributed by atoms with Crippen molar-refractivity contribution >= 4 is 40.3 Å². The number of nitrogens with two attached hydrogens (primary N) is 1. The molecule has 0 fully saturated rings. The average Bonchev–Trinajstić information content (AvgIpc) is 3.09. The zero-order valence-electron chi connectivity index (χ0n) is 16.8. The number of esters is 1. The van der Waals surface area contributed by atoms with Crippen LogP contribution in [0.15, 0.2) is 39.7 Å². The largest absolute Gasteiger partial charge is 0.486 e. The van der Waals surface area contributed by atoms with Gasteiger partial charge >= 0.3 is 11.7 Å². The molecule has 0 radical (unpaired) electrons. The van der Waals surface area contributed by atoms with E-state index in [0.717, 1.165) is 0 Å². The fraction of sp³-hybridized carbons (Fsp3) is 0.350. The summed E-state index contributed by atoms with van der Waals surface area (Å²) in [6.45, 7) is -1.39. The number of nitrogens with zero attached hydrogens (tertiary/aromatic N) is 2. The second-order valence-corrected chi connectivity index (χ2v) is 7.96. The highest BCUT2D eigenvalue weighted by atomic mass is 35.5. The first-order chi connectivity index (χ1) is 15.2. The number of aliphatic hydroxyl groups is 2. The zero-order valence-corrected chi connectivity index (χ0v) is 18.3. The molecular formula is C20H21Cl2N3O7. The summed E-state index contributed by atoms with van der Waals surface area (Å²) >= 11 is 12.1. The minimum atomic E-state index is -1.43. The molecule has 2 heterocycles. The quantitative estimate of drug-likeness (QED) is 0.362. The van der Waals surface area contributed by atoms with Crippen molar-refractivity contribution < 1.29 is 28.9 Å². The van der Waals surface area contributed by atoms with E-state index in [2.05, 4.69) is 4.98 Å². The van der Waals surface area contributed by atoms with Crippen LogP contribution in [0.4, 0.5) is 0 Å². The van der Waals surface area contributed by atoms with Crippen molar-refractivity contribution in [3.05, 3.63) is 56.8 Å². The highest BCUT2D eigenvalue weighted by molar-refractivity contribution is 6.32. The molecule has 0 spiro atoms. The minimum absolute atomic E-state index is 0.0360. The van der Waals surface area contributed by atoms with Gasteiger partial charge in [0, 0.05) is 18.8 Å². The summed E-state index contributed by atoms with van der Waals surface area (Å²) in [5, 5.41) is 19.0. The zero-order chi connectivity index (χ0) is 23.3. The number of fused-ring (bicyclic) bond motifs is 1. The van der Waals surface area contributed by atoms with Crippen molar-refractivity contribution in [2.75, 3.05) is 19.8 Å². The summed E-state index contributed by atoms with van der Waals surface area (Å²) in [5.41, 5.74) is 5.46. The molecule has 0 aliphatic heterocycles. The van der Waals surface area contributed by atoms with Gasteiger partial charge in [0.1, 0.15) is 19.0 Å². The number of aromatic nitrogens is 2. The van der Waals surface area contributed by atoms with E-state index >= 15 is 0 Å². The predicted molar refractivity (Wildman–Crippen MR) is 116 cm³/mol. The highest BCUT2D eigenvalue weighted by Crippen LogP contribution is 2.30. The molecule has 0 amide bonds. The number of carbonyl (C=O) groups excluding carboxylic acids is 1. The molecule has 0 saturated carbocycles. The molecule has 4 N–H and O–H groups in total. The molecule has 172 valence electrons. The summed E-state index contributed by atoms with van der Waals surface area (Å²) < 4.78 is 17.1. The van der Waals surface area contributed by atoms with Gasteiger partial charge in [0.2, 0.25) is 0 Å². The Hall–Kier alpha value is -2.63. The molecule has 2 aromatic heterocycles. The summed E-state index contributed by atoms with van der Waals surface area (Å²) in [4.78, 5) is 28.4. The van der Waals surface area contributed by atoms with Gasteiger partial charge in [0.05, 0.1) is 46.4 Å². The normalized spacial score (nSPS) is 11.7. The van der Waals surface area contributed by atoms with Crippen LogP contribution in [0.2, 0.25) is 10.0 Å². The summed E-state index contributed by atoms with van der Waals surface area (Å²) in [5.74, 6) is -1.05. The molecule has 3 rings (SSSR count). The molecule has 0 aliphatic carbocycles. The number of hydrogen-bond donors (Lipinski definition) is 3. The van der Waals surface area contributed by atoms with Crippen LogP contribution in [-0.2, 0) is 22.7 Å². The first-order valence-corrected chi connectivity index (χ1v) is 10.2. The maximum atomic E-state index is 12.2. The van der Waals surface area contributed by atoms with E-state index < -0.39 is 30.5 Å². The number of pyridine rings is 1. The molecule has 32 heavy (non-hydrogen) atoms. The number of carbonyl (C=O) groups is 1. The molecule has 10 nitrogen and oxygen atoms in total. The van der Waals surface area contributed by atoms with Crippen LogP contribution in [0.3, 0.4) is 0 Å². The Balaban J connectivity index is 1.67. The molecule has 0 bridgehead atoms. The molecular weight excluding hydrogens is 465 g/mol. The lowest BCUT2D eigenvalue weighted by molar-refractivity contribution is -0.146.